The van der Waals surface area contributed by atoms with Crippen LogP contribution in [0.25, 0.3) is 10.4 Å². The lowest BCUT2D eigenvalue weighted by atomic mass is 9.81. The quantitative estimate of drug-likeness (QED) is 0.332. The number of hydrogen-bond acceptors (Lipinski definition) is 4. The molecule has 0 atom stereocenters. The summed E-state index contributed by atoms with van der Waals surface area (Å²) >= 11 is 0. The average Bonchev–Trinajstić information content (AvgIpc) is 2.39. The molecule has 0 spiro atoms. The second-order valence-corrected chi connectivity index (χ2v) is 4.36. The van der Waals surface area contributed by atoms with Gasteiger partial charge < -0.3 is 4.74 Å². The summed E-state index contributed by atoms with van der Waals surface area (Å²) in [6.07, 6.45) is 4.55. The highest BCUT2D eigenvalue weighted by molar-refractivity contribution is 5.09. The Balaban J connectivity index is 2.33. The average molecular weight is 237 g/mol. The minimum absolute atomic E-state index is 0.293. The van der Waals surface area contributed by atoms with E-state index in [0.717, 1.165) is 32.1 Å². The number of nitrogens with zero attached hydrogens (tertiary/aromatic N) is 4. The zero-order valence-corrected chi connectivity index (χ0v) is 10.2. The summed E-state index contributed by atoms with van der Waals surface area (Å²) in [4.78, 5) is 2.69. The van der Waals surface area contributed by atoms with Crippen molar-refractivity contribution in [2.45, 2.75) is 43.7 Å². The van der Waals surface area contributed by atoms with Gasteiger partial charge in [-0.05, 0) is 44.2 Å². The molecule has 0 aromatic rings. The van der Waals surface area contributed by atoms with Crippen molar-refractivity contribution in [3.05, 3.63) is 10.4 Å². The van der Waals surface area contributed by atoms with Crippen molar-refractivity contribution >= 4 is 0 Å². The molecule has 0 saturated heterocycles. The molecule has 0 heterocycles. The molecule has 0 bridgehead atoms. The molecule has 0 aromatic heterocycles. The van der Waals surface area contributed by atoms with Crippen LogP contribution in [0.1, 0.15) is 32.1 Å². The van der Waals surface area contributed by atoms with Gasteiger partial charge in [0.25, 0.3) is 0 Å². The Morgan fingerprint density at radius 1 is 1.59 bits per heavy atom. The second kappa shape index (κ2) is 7.13. The summed E-state index contributed by atoms with van der Waals surface area (Å²) in [7, 11) is 1.72. The molecule has 0 amide bonds. The predicted molar refractivity (Wildman–Crippen MR) is 64.2 cm³/mol. The van der Waals surface area contributed by atoms with Gasteiger partial charge in [-0.2, -0.15) is 5.26 Å². The standard InChI is InChI=1S/C11H19N5O/c1-17-10-3-5-11(9-12,6-4-10)14-7-2-8-15-16-13/h10,14H,2-8H2,1H3. The van der Waals surface area contributed by atoms with Gasteiger partial charge in [0, 0.05) is 18.6 Å². The number of ether oxygens (including phenoxy) is 1. The van der Waals surface area contributed by atoms with E-state index in [9.17, 15) is 5.26 Å². The summed E-state index contributed by atoms with van der Waals surface area (Å²) in [5.41, 5.74) is 7.73. The van der Waals surface area contributed by atoms with Gasteiger partial charge in [0.15, 0.2) is 0 Å². The Labute approximate surface area is 102 Å². The number of hydrogen-bond donors (Lipinski definition) is 1. The topological polar surface area (TPSA) is 93.8 Å². The second-order valence-electron chi connectivity index (χ2n) is 4.36. The van der Waals surface area contributed by atoms with Crippen LogP contribution in [0.15, 0.2) is 5.11 Å². The molecule has 0 aromatic carbocycles. The van der Waals surface area contributed by atoms with E-state index in [0.29, 0.717) is 19.2 Å². The van der Waals surface area contributed by atoms with Crippen molar-refractivity contribution < 1.29 is 4.74 Å². The molecule has 6 heteroatoms. The van der Waals surface area contributed by atoms with E-state index >= 15 is 0 Å². The molecule has 0 unspecified atom stereocenters. The summed E-state index contributed by atoms with van der Waals surface area (Å²) in [6, 6.07) is 2.38. The van der Waals surface area contributed by atoms with Crippen molar-refractivity contribution in [2.24, 2.45) is 5.11 Å². The van der Waals surface area contributed by atoms with E-state index in [4.69, 9.17) is 10.3 Å². The van der Waals surface area contributed by atoms with Crippen LogP contribution in [0, 0.1) is 11.3 Å². The molecule has 94 valence electrons. The summed E-state index contributed by atoms with van der Waals surface area (Å²) in [6.45, 7) is 1.19. The SMILES string of the molecule is COC1CCC(C#N)(NCCCN=[N+]=[N-])CC1. The number of methoxy groups -OCH3 is 1. The van der Waals surface area contributed by atoms with E-state index in [1.807, 2.05) is 0 Å². The van der Waals surface area contributed by atoms with E-state index in [1.54, 1.807) is 7.11 Å². The third-order valence-electron chi connectivity index (χ3n) is 3.30. The van der Waals surface area contributed by atoms with Gasteiger partial charge >= 0.3 is 0 Å². The summed E-state index contributed by atoms with van der Waals surface area (Å²) in [5.74, 6) is 0. The van der Waals surface area contributed by atoms with Crippen LogP contribution in [0.3, 0.4) is 0 Å². The van der Waals surface area contributed by atoms with E-state index in [-0.39, 0.29) is 0 Å². The van der Waals surface area contributed by atoms with Gasteiger partial charge in [-0.3, -0.25) is 5.32 Å². The van der Waals surface area contributed by atoms with Crippen LogP contribution in [-0.4, -0.2) is 31.8 Å². The lowest BCUT2D eigenvalue weighted by Gasteiger charge is -2.35. The molecule has 1 N–H and O–H groups in total. The number of azide groups is 1. The molecule has 1 aliphatic carbocycles. The molecule has 1 saturated carbocycles. The lowest BCUT2D eigenvalue weighted by Crippen LogP contribution is -2.48. The first-order chi connectivity index (χ1) is 8.26. The van der Waals surface area contributed by atoms with Gasteiger partial charge in [0.05, 0.1) is 12.2 Å². The van der Waals surface area contributed by atoms with Crippen molar-refractivity contribution in [2.75, 3.05) is 20.2 Å². The molecule has 1 rings (SSSR count). The zero-order valence-electron chi connectivity index (χ0n) is 10.2. The van der Waals surface area contributed by atoms with E-state index in [1.165, 1.54) is 0 Å². The highest BCUT2D eigenvalue weighted by atomic mass is 16.5. The normalized spacial score (nSPS) is 28.1. The van der Waals surface area contributed by atoms with Crippen LogP contribution in [-0.2, 0) is 4.74 Å². The third kappa shape index (κ3) is 4.23. The van der Waals surface area contributed by atoms with Gasteiger partial charge in [0.2, 0.25) is 0 Å². The minimum Gasteiger partial charge on any atom is -0.381 e. The maximum atomic E-state index is 9.27. The summed E-state index contributed by atoms with van der Waals surface area (Å²) in [5, 5.41) is 16.0. The number of rotatable bonds is 6. The largest absolute Gasteiger partial charge is 0.381 e. The summed E-state index contributed by atoms with van der Waals surface area (Å²) < 4.78 is 5.29. The lowest BCUT2D eigenvalue weighted by molar-refractivity contribution is 0.0525. The molecule has 1 fully saturated rings. The third-order valence-corrected chi connectivity index (χ3v) is 3.30. The Morgan fingerprint density at radius 2 is 2.29 bits per heavy atom. The number of nitriles is 1. The first-order valence-electron chi connectivity index (χ1n) is 5.96. The van der Waals surface area contributed by atoms with Crippen LogP contribution < -0.4 is 5.32 Å². The fraction of sp³-hybridized carbons (Fsp3) is 0.909. The zero-order chi connectivity index (χ0) is 12.6. The monoisotopic (exact) mass is 237 g/mol. The van der Waals surface area contributed by atoms with Crippen molar-refractivity contribution in [1.29, 1.82) is 5.26 Å². The molecule has 1 aliphatic rings. The van der Waals surface area contributed by atoms with E-state index < -0.39 is 5.54 Å². The van der Waals surface area contributed by atoms with Gasteiger partial charge in [-0.25, -0.2) is 0 Å². The maximum absolute atomic E-state index is 9.27. The first-order valence-corrected chi connectivity index (χ1v) is 5.96. The Hall–Kier alpha value is -1.28. The van der Waals surface area contributed by atoms with Crippen LogP contribution in [0.2, 0.25) is 0 Å². The highest BCUT2D eigenvalue weighted by Gasteiger charge is 2.34. The molecule has 17 heavy (non-hydrogen) atoms. The molecular formula is C11H19N5O. The number of nitrogens with one attached hydrogen (secondary N) is 1. The van der Waals surface area contributed by atoms with Crippen LogP contribution in [0.4, 0.5) is 0 Å². The van der Waals surface area contributed by atoms with Crippen molar-refractivity contribution in [1.82, 2.24) is 5.32 Å². The minimum atomic E-state index is -0.411. The van der Waals surface area contributed by atoms with Gasteiger partial charge in [-0.15, -0.1) is 0 Å². The van der Waals surface area contributed by atoms with Crippen LogP contribution in [0.5, 0.6) is 0 Å². The first kappa shape index (κ1) is 13.8. The Bertz CT molecular complexity index is 310. The predicted octanol–water partition coefficient (Wildman–Crippen LogP) is 2.13. The van der Waals surface area contributed by atoms with Gasteiger partial charge in [-0.1, -0.05) is 5.11 Å². The molecule has 0 aliphatic heterocycles. The van der Waals surface area contributed by atoms with E-state index in [2.05, 4.69) is 21.4 Å². The molecule has 6 nitrogen and oxygen atoms in total. The smallest absolute Gasteiger partial charge is 0.106 e. The fourth-order valence-electron chi connectivity index (χ4n) is 2.17. The Morgan fingerprint density at radius 3 is 2.82 bits per heavy atom. The highest BCUT2D eigenvalue weighted by Crippen LogP contribution is 2.29. The van der Waals surface area contributed by atoms with Crippen molar-refractivity contribution in [3.63, 3.8) is 0 Å². The maximum Gasteiger partial charge on any atom is 0.106 e. The van der Waals surface area contributed by atoms with Gasteiger partial charge in [0.1, 0.15) is 5.54 Å². The van der Waals surface area contributed by atoms with Crippen LogP contribution >= 0.6 is 0 Å². The van der Waals surface area contributed by atoms with Crippen molar-refractivity contribution in [3.8, 4) is 6.07 Å². The Kier molecular flexibility index (Phi) is 5.78. The fourth-order valence-corrected chi connectivity index (χ4v) is 2.17. The molecular weight excluding hydrogens is 218 g/mol. The molecule has 0 radical (unpaired) electrons.